The number of esters is 1. The summed E-state index contributed by atoms with van der Waals surface area (Å²) in [7, 11) is 0. The van der Waals surface area contributed by atoms with Crippen molar-refractivity contribution in [3.05, 3.63) is 10.6 Å². The second-order valence-corrected chi connectivity index (χ2v) is 5.73. The Morgan fingerprint density at radius 2 is 2.22 bits per heavy atom. The van der Waals surface area contributed by atoms with E-state index in [1.54, 1.807) is 11.3 Å². The van der Waals surface area contributed by atoms with E-state index in [1.807, 2.05) is 13.8 Å². The van der Waals surface area contributed by atoms with Crippen LogP contribution in [-0.4, -0.2) is 30.1 Å². The fourth-order valence-corrected chi connectivity index (χ4v) is 2.95. The fourth-order valence-electron chi connectivity index (χ4n) is 1.96. The molecule has 0 radical (unpaired) electrons. The Balaban J connectivity index is 2.18. The van der Waals surface area contributed by atoms with Gasteiger partial charge in [0.05, 0.1) is 6.61 Å². The van der Waals surface area contributed by atoms with Crippen LogP contribution in [0.4, 0.5) is 5.13 Å². The van der Waals surface area contributed by atoms with Crippen molar-refractivity contribution in [3.63, 3.8) is 0 Å². The van der Waals surface area contributed by atoms with Crippen LogP contribution in [0.1, 0.15) is 48.5 Å². The minimum atomic E-state index is -0.301. The number of ether oxygens (including phenoxy) is 1. The number of hydrogen-bond acceptors (Lipinski definition) is 5. The van der Waals surface area contributed by atoms with Gasteiger partial charge in [-0.05, 0) is 33.1 Å². The van der Waals surface area contributed by atoms with Crippen molar-refractivity contribution < 1.29 is 9.53 Å². The Labute approximate surface area is 112 Å². The van der Waals surface area contributed by atoms with Crippen molar-refractivity contribution in [1.82, 2.24) is 4.98 Å². The molecule has 1 saturated carbocycles. The highest BCUT2D eigenvalue weighted by molar-refractivity contribution is 7.15. The molecule has 1 aromatic heterocycles. The number of aromatic nitrogens is 1. The standard InChI is InChI=1S/C13H20N2O2S/c1-4-8-15(10-6-7-10)13-14-11(9(3)18-13)12(16)17-5-2/h10H,4-8H2,1-3H3. The third-order valence-corrected chi connectivity index (χ3v) is 3.96. The smallest absolute Gasteiger partial charge is 0.358 e. The van der Waals surface area contributed by atoms with E-state index in [9.17, 15) is 4.79 Å². The first kappa shape index (κ1) is 13.3. The number of thiazole rings is 1. The molecule has 0 unspecified atom stereocenters. The van der Waals surface area contributed by atoms with Gasteiger partial charge in [0.1, 0.15) is 0 Å². The summed E-state index contributed by atoms with van der Waals surface area (Å²) in [6, 6.07) is 0.630. The minimum absolute atomic E-state index is 0.301. The van der Waals surface area contributed by atoms with Crippen molar-refractivity contribution in [3.8, 4) is 0 Å². The molecule has 1 heterocycles. The van der Waals surface area contributed by atoms with Gasteiger partial charge in [0.15, 0.2) is 10.8 Å². The lowest BCUT2D eigenvalue weighted by Crippen LogP contribution is -2.26. The first-order valence-electron chi connectivity index (χ1n) is 6.58. The second kappa shape index (κ2) is 5.69. The van der Waals surface area contributed by atoms with E-state index >= 15 is 0 Å². The maximum atomic E-state index is 11.7. The minimum Gasteiger partial charge on any atom is -0.461 e. The zero-order valence-electron chi connectivity index (χ0n) is 11.2. The molecule has 0 aliphatic heterocycles. The number of aryl methyl sites for hydroxylation is 1. The summed E-state index contributed by atoms with van der Waals surface area (Å²) in [4.78, 5) is 19.5. The quantitative estimate of drug-likeness (QED) is 0.744. The van der Waals surface area contributed by atoms with Crippen LogP contribution in [0, 0.1) is 6.92 Å². The Bertz CT molecular complexity index is 427. The van der Waals surface area contributed by atoms with Crippen molar-refractivity contribution in [1.29, 1.82) is 0 Å². The van der Waals surface area contributed by atoms with Gasteiger partial charge < -0.3 is 9.64 Å². The Hall–Kier alpha value is -1.10. The van der Waals surface area contributed by atoms with Crippen LogP contribution in [0.3, 0.4) is 0 Å². The summed E-state index contributed by atoms with van der Waals surface area (Å²) in [6.07, 6.45) is 3.59. The molecule has 1 aliphatic carbocycles. The largest absolute Gasteiger partial charge is 0.461 e. The fraction of sp³-hybridized carbons (Fsp3) is 0.692. The third-order valence-electron chi connectivity index (χ3n) is 2.95. The molecule has 0 amide bonds. The number of rotatable bonds is 6. The van der Waals surface area contributed by atoms with Gasteiger partial charge in [0.2, 0.25) is 0 Å². The van der Waals surface area contributed by atoms with Gasteiger partial charge in [-0.1, -0.05) is 6.92 Å². The van der Waals surface area contributed by atoms with E-state index in [1.165, 1.54) is 12.8 Å². The summed E-state index contributed by atoms with van der Waals surface area (Å²) in [5.41, 5.74) is 0.485. The SMILES string of the molecule is CCCN(c1nc(C(=O)OCC)c(C)s1)C1CC1. The van der Waals surface area contributed by atoms with E-state index < -0.39 is 0 Å². The van der Waals surface area contributed by atoms with Gasteiger partial charge in [0, 0.05) is 17.5 Å². The molecule has 0 bridgehead atoms. The number of hydrogen-bond donors (Lipinski definition) is 0. The molecule has 4 nitrogen and oxygen atoms in total. The molecule has 0 N–H and O–H groups in total. The van der Waals surface area contributed by atoms with E-state index in [0.717, 1.165) is 23.0 Å². The van der Waals surface area contributed by atoms with E-state index in [0.29, 0.717) is 18.3 Å². The Kier molecular flexibility index (Phi) is 4.22. The van der Waals surface area contributed by atoms with Crippen LogP contribution in [0.15, 0.2) is 0 Å². The van der Waals surface area contributed by atoms with Crippen molar-refractivity contribution in [2.75, 3.05) is 18.1 Å². The molecule has 0 aromatic carbocycles. The second-order valence-electron chi connectivity index (χ2n) is 4.55. The van der Waals surface area contributed by atoms with Crippen molar-refractivity contribution >= 4 is 22.4 Å². The van der Waals surface area contributed by atoms with Gasteiger partial charge in [-0.15, -0.1) is 11.3 Å². The molecular formula is C13H20N2O2S. The Morgan fingerprint density at radius 1 is 1.50 bits per heavy atom. The van der Waals surface area contributed by atoms with E-state index in [4.69, 9.17) is 4.74 Å². The number of nitrogens with zero attached hydrogens (tertiary/aromatic N) is 2. The molecule has 0 saturated heterocycles. The first-order chi connectivity index (χ1) is 8.67. The topological polar surface area (TPSA) is 42.4 Å². The van der Waals surface area contributed by atoms with Crippen molar-refractivity contribution in [2.45, 2.75) is 46.1 Å². The van der Waals surface area contributed by atoms with Crippen LogP contribution in [0.5, 0.6) is 0 Å². The summed E-state index contributed by atoms with van der Waals surface area (Å²) >= 11 is 1.60. The van der Waals surface area contributed by atoms with Crippen LogP contribution in [-0.2, 0) is 4.74 Å². The average molecular weight is 268 g/mol. The van der Waals surface area contributed by atoms with Gasteiger partial charge >= 0.3 is 5.97 Å². The van der Waals surface area contributed by atoms with E-state index in [-0.39, 0.29) is 5.97 Å². The van der Waals surface area contributed by atoms with Gasteiger partial charge in [-0.2, -0.15) is 0 Å². The molecule has 2 rings (SSSR count). The number of carbonyl (C=O) groups is 1. The first-order valence-corrected chi connectivity index (χ1v) is 7.40. The molecule has 100 valence electrons. The summed E-state index contributed by atoms with van der Waals surface area (Å²) in [5, 5.41) is 0.972. The van der Waals surface area contributed by atoms with E-state index in [2.05, 4.69) is 16.8 Å². The van der Waals surface area contributed by atoms with Gasteiger partial charge in [0.25, 0.3) is 0 Å². The number of anilines is 1. The van der Waals surface area contributed by atoms with Crippen LogP contribution in [0.2, 0.25) is 0 Å². The van der Waals surface area contributed by atoms with Crippen LogP contribution < -0.4 is 4.90 Å². The van der Waals surface area contributed by atoms with Crippen LogP contribution in [0.25, 0.3) is 0 Å². The maximum absolute atomic E-state index is 11.7. The Morgan fingerprint density at radius 3 is 2.78 bits per heavy atom. The van der Waals surface area contributed by atoms with Gasteiger partial charge in [-0.25, -0.2) is 9.78 Å². The lowest BCUT2D eigenvalue weighted by Gasteiger charge is -2.20. The predicted molar refractivity (Wildman–Crippen MR) is 73.5 cm³/mol. The molecular weight excluding hydrogens is 248 g/mol. The molecule has 0 atom stereocenters. The molecule has 5 heteroatoms. The predicted octanol–water partition coefficient (Wildman–Crippen LogP) is 3.01. The molecule has 1 aliphatic rings. The maximum Gasteiger partial charge on any atom is 0.358 e. The highest BCUT2D eigenvalue weighted by Crippen LogP contribution is 2.35. The summed E-state index contributed by atoms with van der Waals surface area (Å²) in [6.45, 7) is 7.33. The summed E-state index contributed by atoms with van der Waals surface area (Å²) in [5.74, 6) is -0.301. The van der Waals surface area contributed by atoms with Crippen LogP contribution >= 0.6 is 11.3 Å². The normalized spacial score (nSPS) is 14.6. The molecule has 0 spiro atoms. The zero-order valence-corrected chi connectivity index (χ0v) is 12.0. The number of carbonyl (C=O) groups excluding carboxylic acids is 1. The lowest BCUT2D eigenvalue weighted by molar-refractivity contribution is 0.0519. The van der Waals surface area contributed by atoms with Crippen molar-refractivity contribution in [2.24, 2.45) is 0 Å². The zero-order chi connectivity index (χ0) is 13.1. The highest BCUT2D eigenvalue weighted by atomic mass is 32.1. The molecule has 18 heavy (non-hydrogen) atoms. The average Bonchev–Trinajstić information content (AvgIpc) is 3.09. The molecule has 1 aromatic rings. The molecule has 1 fully saturated rings. The highest BCUT2D eigenvalue weighted by Gasteiger charge is 2.31. The monoisotopic (exact) mass is 268 g/mol. The summed E-state index contributed by atoms with van der Waals surface area (Å²) < 4.78 is 5.02. The lowest BCUT2D eigenvalue weighted by atomic mass is 10.4. The third kappa shape index (κ3) is 2.83. The van der Waals surface area contributed by atoms with Gasteiger partial charge in [-0.3, -0.25) is 0 Å².